The second-order valence-corrected chi connectivity index (χ2v) is 5.95. The van der Waals surface area contributed by atoms with Gasteiger partial charge in [-0.15, -0.1) is 0 Å². The monoisotopic (exact) mass is 333 g/mol. The molecule has 0 unspecified atom stereocenters. The molecule has 1 aliphatic rings. The van der Waals surface area contributed by atoms with Crippen LogP contribution in [0.15, 0.2) is 0 Å². The summed E-state index contributed by atoms with van der Waals surface area (Å²) >= 11 is 0. The molecule has 2 aromatic heterocycles. The van der Waals surface area contributed by atoms with Crippen LogP contribution in [0, 0.1) is 13.8 Å². The molecule has 1 aliphatic heterocycles. The molecule has 130 valence electrons. The van der Waals surface area contributed by atoms with Crippen molar-refractivity contribution in [1.82, 2.24) is 30.3 Å². The number of aromatic amines is 2. The number of nitrogens with one attached hydrogen (secondary N) is 3. The van der Waals surface area contributed by atoms with Crippen molar-refractivity contribution in [3.05, 3.63) is 23.0 Å². The Kier molecular flexibility index (Phi) is 4.91. The summed E-state index contributed by atoms with van der Waals surface area (Å²) in [5.41, 5.74) is 2.40. The number of rotatable bonds is 5. The van der Waals surface area contributed by atoms with E-state index in [9.17, 15) is 4.79 Å². The lowest BCUT2D eigenvalue weighted by molar-refractivity contribution is -0.119. The Bertz CT molecular complexity index is 689. The first-order valence-corrected chi connectivity index (χ1v) is 8.13. The van der Waals surface area contributed by atoms with Crippen LogP contribution < -0.4 is 5.32 Å². The molecule has 0 aromatic carbocycles. The second-order valence-electron chi connectivity index (χ2n) is 5.95. The lowest BCUT2D eigenvalue weighted by atomic mass is 10.2. The van der Waals surface area contributed by atoms with Crippen molar-refractivity contribution in [2.45, 2.75) is 33.3 Å². The van der Waals surface area contributed by atoms with Crippen molar-refractivity contribution in [2.75, 3.05) is 31.6 Å². The molecule has 0 spiro atoms. The van der Waals surface area contributed by atoms with E-state index in [-0.39, 0.29) is 12.0 Å². The molecule has 1 amide bonds. The van der Waals surface area contributed by atoms with E-state index in [2.05, 4.69) is 35.6 Å². The van der Waals surface area contributed by atoms with Gasteiger partial charge in [0.1, 0.15) is 11.9 Å². The Balaban J connectivity index is 1.58. The molecular formula is C15H23N7O2. The topological polar surface area (TPSA) is 112 Å². The number of morpholine rings is 1. The number of ether oxygens (including phenoxy) is 1. The maximum atomic E-state index is 12.3. The molecule has 1 saturated heterocycles. The maximum Gasteiger partial charge on any atom is 0.238 e. The molecule has 1 atom stereocenters. The molecule has 2 aromatic rings. The number of aryl methyl sites for hydroxylation is 3. The highest BCUT2D eigenvalue weighted by molar-refractivity contribution is 5.93. The third kappa shape index (κ3) is 3.62. The van der Waals surface area contributed by atoms with Crippen LogP contribution in [0.25, 0.3) is 0 Å². The van der Waals surface area contributed by atoms with Gasteiger partial charge in [-0.2, -0.15) is 10.2 Å². The molecule has 0 radical (unpaired) electrons. The summed E-state index contributed by atoms with van der Waals surface area (Å²) in [6.07, 6.45) is 0.593. The highest BCUT2D eigenvalue weighted by Crippen LogP contribution is 2.20. The van der Waals surface area contributed by atoms with Gasteiger partial charge in [0.25, 0.3) is 0 Å². The Labute approximate surface area is 140 Å². The second kappa shape index (κ2) is 7.10. The van der Waals surface area contributed by atoms with Gasteiger partial charge in [0.05, 0.1) is 30.2 Å². The SMILES string of the molecule is CCc1nc([C@H]2CN(CC(=O)Nc3c(C)n[nH]c3C)CCO2)n[nH]1. The summed E-state index contributed by atoms with van der Waals surface area (Å²) < 4.78 is 5.74. The van der Waals surface area contributed by atoms with Gasteiger partial charge in [0.15, 0.2) is 5.82 Å². The fourth-order valence-electron chi connectivity index (χ4n) is 2.73. The van der Waals surface area contributed by atoms with E-state index in [0.717, 1.165) is 29.3 Å². The zero-order valence-corrected chi connectivity index (χ0v) is 14.2. The number of carbonyl (C=O) groups excluding carboxylic acids is 1. The van der Waals surface area contributed by atoms with E-state index >= 15 is 0 Å². The fourth-order valence-corrected chi connectivity index (χ4v) is 2.73. The van der Waals surface area contributed by atoms with Gasteiger partial charge in [-0.3, -0.25) is 19.9 Å². The standard InChI is InChI=1S/C15H23N7O2/c1-4-12-16-15(21-20-12)11-7-22(5-6-24-11)8-13(23)17-14-9(2)18-19-10(14)3/h11H,4-8H2,1-3H3,(H,17,23)(H,18,19)(H,16,20,21)/t11-/m1/s1. The number of carbonyl (C=O) groups is 1. The Morgan fingerprint density at radius 2 is 2.21 bits per heavy atom. The van der Waals surface area contributed by atoms with Crippen LogP contribution in [-0.4, -0.2) is 62.4 Å². The minimum atomic E-state index is -0.208. The Morgan fingerprint density at radius 1 is 1.38 bits per heavy atom. The van der Waals surface area contributed by atoms with Crippen molar-refractivity contribution < 1.29 is 9.53 Å². The van der Waals surface area contributed by atoms with Gasteiger partial charge in [-0.05, 0) is 13.8 Å². The molecule has 3 N–H and O–H groups in total. The average molecular weight is 333 g/mol. The van der Waals surface area contributed by atoms with E-state index < -0.39 is 0 Å². The molecule has 0 aliphatic carbocycles. The molecule has 3 rings (SSSR count). The Morgan fingerprint density at radius 3 is 2.88 bits per heavy atom. The normalized spacial score (nSPS) is 18.7. The molecule has 3 heterocycles. The maximum absolute atomic E-state index is 12.3. The van der Waals surface area contributed by atoms with Crippen LogP contribution in [0.5, 0.6) is 0 Å². The average Bonchev–Trinajstić information content (AvgIpc) is 3.17. The number of anilines is 1. The van der Waals surface area contributed by atoms with Gasteiger partial charge >= 0.3 is 0 Å². The molecule has 1 fully saturated rings. The highest BCUT2D eigenvalue weighted by Gasteiger charge is 2.26. The van der Waals surface area contributed by atoms with E-state index in [1.54, 1.807) is 0 Å². The van der Waals surface area contributed by atoms with Crippen molar-refractivity contribution in [2.24, 2.45) is 0 Å². The zero-order chi connectivity index (χ0) is 17.1. The lowest BCUT2D eigenvalue weighted by Crippen LogP contribution is -2.42. The van der Waals surface area contributed by atoms with Crippen molar-refractivity contribution >= 4 is 11.6 Å². The predicted octanol–water partition coefficient (Wildman–Crippen LogP) is 0.719. The van der Waals surface area contributed by atoms with Crippen LogP contribution >= 0.6 is 0 Å². The third-order valence-electron chi connectivity index (χ3n) is 4.08. The van der Waals surface area contributed by atoms with Gasteiger partial charge in [-0.25, -0.2) is 4.98 Å². The van der Waals surface area contributed by atoms with Gasteiger partial charge in [-0.1, -0.05) is 6.92 Å². The van der Waals surface area contributed by atoms with Crippen LogP contribution in [-0.2, 0) is 16.0 Å². The number of hydrogen-bond acceptors (Lipinski definition) is 6. The van der Waals surface area contributed by atoms with Gasteiger partial charge in [0.2, 0.25) is 5.91 Å². The van der Waals surface area contributed by atoms with E-state index in [4.69, 9.17) is 4.74 Å². The first-order valence-electron chi connectivity index (χ1n) is 8.13. The fraction of sp³-hybridized carbons (Fsp3) is 0.600. The quantitative estimate of drug-likeness (QED) is 0.743. The molecule has 9 heteroatoms. The molecule has 24 heavy (non-hydrogen) atoms. The number of nitrogens with zero attached hydrogens (tertiary/aromatic N) is 4. The summed E-state index contributed by atoms with van der Waals surface area (Å²) in [5.74, 6) is 1.43. The van der Waals surface area contributed by atoms with E-state index in [0.29, 0.717) is 32.1 Å². The Hall–Kier alpha value is -2.26. The summed E-state index contributed by atoms with van der Waals surface area (Å²) in [7, 11) is 0. The molecule has 9 nitrogen and oxygen atoms in total. The van der Waals surface area contributed by atoms with E-state index in [1.807, 2.05) is 20.8 Å². The smallest absolute Gasteiger partial charge is 0.238 e. The summed E-state index contributed by atoms with van der Waals surface area (Å²) in [4.78, 5) is 18.8. The van der Waals surface area contributed by atoms with Crippen molar-refractivity contribution in [1.29, 1.82) is 0 Å². The highest BCUT2D eigenvalue weighted by atomic mass is 16.5. The van der Waals surface area contributed by atoms with Crippen LogP contribution in [0.1, 0.15) is 36.1 Å². The van der Waals surface area contributed by atoms with Gasteiger partial charge < -0.3 is 10.1 Å². The van der Waals surface area contributed by atoms with E-state index in [1.165, 1.54) is 0 Å². The number of H-pyrrole nitrogens is 2. The van der Waals surface area contributed by atoms with Crippen molar-refractivity contribution in [3.63, 3.8) is 0 Å². The van der Waals surface area contributed by atoms with Crippen molar-refractivity contribution in [3.8, 4) is 0 Å². The minimum Gasteiger partial charge on any atom is -0.367 e. The van der Waals surface area contributed by atoms with Gasteiger partial charge in [0, 0.05) is 19.5 Å². The number of hydrogen-bond donors (Lipinski definition) is 3. The molecule has 0 bridgehead atoms. The summed E-state index contributed by atoms with van der Waals surface area (Å²) in [6, 6.07) is 0. The predicted molar refractivity (Wildman–Crippen MR) is 87.6 cm³/mol. The van der Waals surface area contributed by atoms with Crippen LogP contribution in [0.3, 0.4) is 0 Å². The summed E-state index contributed by atoms with van der Waals surface area (Å²) in [6.45, 7) is 7.92. The first kappa shape index (κ1) is 16.6. The summed E-state index contributed by atoms with van der Waals surface area (Å²) in [5, 5.41) is 17.0. The lowest BCUT2D eigenvalue weighted by Gasteiger charge is -2.30. The minimum absolute atomic E-state index is 0.0625. The number of aromatic nitrogens is 5. The third-order valence-corrected chi connectivity index (χ3v) is 4.08. The molecular weight excluding hydrogens is 310 g/mol. The zero-order valence-electron chi connectivity index (χ0n) is 14.2. The van der Waals surface area contributed by atoms with Crippen LogP contribution in [0.4, 0.5) is 5.69 Å². The number of amides is 1. The largest absolute Gasteiger partial charge is 0.367 e. The van der Waals surface area contributed by atoms with Crippen LogP contribution in [0.2, 0.25) is 0 Å². The first-order chi connectivity index (χ1) is 11.6. The molecule has 0 saturated carbocycles.